The van der Waals surface area contributed by atoms with Crippen LogP contribution in [0.25, 0.3) is 0 Å². The zero-order valence-electron chi connectivity index (χ0n) is 10.3. The molecular formula is C12H23NO2. The topological polar surface area (TPSA) is 29.5 Å². The quantitative estimate of drug-likeness (QED) is 0.672. The minimum Gasteiger partial charge on any atom is -0.469 e. The van der Waals surface area contributed by atoms with Crippen LogP contribution >= 0.6 is 0 Å². The molecule has 0 N–H and O–H groups in total. The van der Waals surface area contributed by atoms with E-state index in [1.54, 1.807) is 0 Å². The lowest BCUT2D eigenvalue weighted by molar-refractivity contribution is -0.142. The van der Waals surface area contributed by atoms with Crippen LogP contribution in [0, 0.1) is 5.92 Å². The highest BCUT2D eigenvalue weighted by Crippen LogP contribution is 2.24. The van der Waals surface area contributed by atoms with E-state index >= 15 is 0 Å². The fraction of sp³-hybridized carbons (Fsp3) is 0.917. The summed E-state index contributed by atoms with van der Waals surface area (Å²) >= 11 is 0. The summed E-state index contributed by atoms with van der Waals surface area (Å²) in [7, 11) is 1.46. The van der Waals surface area contributed by atoms with Crippen molar-refractivity contribution >= 4 is 5.97 Å². The highest BCUT2D eigenvalue weighted by molar-refractivity contribution is 5.69. The van der Waals surface area contributed by atoms with E-state index < -0.39 is 0 Å². The molecule has 0 spiro atoms. The minimum absolute atomic E-state index is 0.104. The van der Waals surface area contributed by atoms with Crippen molar-refractivity contribution in [3.63, 3.8) is 0 Å². The maximum absolute atomic E-state index is 11.2. The first-order valence-corrected chi connectivity index (χ1v) is 5.87. The van der Waals surface area contributed by atoms with Crippen molar-refractivity contribution in [3.05, 3.63) is 0 Å². The maximum atomic E-state index is 11.2. The zero-order valence-corrected chi connectivity index (χ0v) is 10.3. The molecule has 0 aliphatic carbocycles. The number of nitrogens with zero attached hydrogens (tertiary/aromatic N) is 1. The number of ether oxygens (including phenoxy) is 1. The molecule has 1 aliphatic heterocycles. The fourth-order valence-electron chi connectivity index (χ4n) is 2.38. The Morgan fingerprint density at radius 3 is 2.73 bits per heavy atom. The summed E-state index contributed by atoms with van der Waals surface area (Å²) < 4.78 is 4.71. The smallest absolute Gasteiger partial charge is 0.307 e. The lowest BCUT2D eigenvalue weighted by Gasteiger charge is -2.40. The Hall–Kier alpha value is -0.570. The van der Waals surface area contributed by atoms with Crippen LogP contribution in [0.2, 0.25) is 0 Å². The molecule has 1 aliphatic rings. The van der Waals surface area contributed by atoms with Crippen molar-refractivity contribution < 1.29 is 9.53 Å². The molecule has 1 saturated heterocycles. The van der Waals surface area contributed by atoms with Gasteiger partial charge in [0.2, 0.25) is 0 Å². The molecule has 88 valence electrons. The number of methoxy groups -OCH3 is 1. The van der Waals surface area contributed by atoms with E-state index in [9.17, 15) is 4.79 Å². The second-order valence-corrected chi connectivity index (χ2v) is 4.86. The summed E-state index contributed by atoms with van der Waals surface area (Å²) in [6.07, 6.45) is 3.06. The average Bonchev–Trinajstić information content (AvgIpc) is 2.21. The monoisotopic (exact) mass is 213 g/mol. The Balaban J connectivity index is 2.49. The summed E-state index contributed by atoms with van der Waals surface area (Å²) in [4.78, 5) is 13.6. The van der Waals surface area contributed by atoms with Crippen LogP contribution in [0.3, 0.4) is 0 Å². The Kier molecular flexibility index (Phi) is 4.58. The Morgan fingerprint density at radius 2 is 2.13 bits per heavy atom. The van der Waals surface area contributed by atoms with E-state index in [0.717, 1.165) is 12.5 Å². The number of likely N-dealkylation sites (tertiary alicyclic amines) is 1. The molecule has 0 radical (unpaired) electrons. The predicted molar refractivity (Wildman–Crippen MR) is 60.7 cm³/mol. The largest absolute Gasteiger partial charge is 0.469 e. The molecule has 1 heterocycles. The Morgan fingerprint density at radius 1 is 1.47 bits per heavy atom. The number of piperidine rings is 1. The summed E-state index contributed by atoms with van der Waals surface area (Å²) in [6, 6.07) is 0.899. The predicted octanol–water partition coefficient (Wildman–Crippen LogP) is 2.06. The van der Waals surface area contributed by atoms with Gasteiger partial charge >= 0.3 is 5.97 Å². The molecule has 1 fully saturated rings. The van der Waals surface area contributed by atoms with Crippen molar-refractivity contribution in [1.82, 2.24) is 4.90 Å². The van der Waals surface area contributed by atoms with Gasteiger partial charge in [-0.25, -0.2) is 0 Å². The van der Waals surface area contributed by atoms with Gasteiger partial charge in [0, 0.05) is 18.6 Å². The van der Waals surface area contributed by atoms with Gasteiger partial charge in [-0.05, 0) is 32.6 Å². The van der Waals surface area contributed by atoms with Crippen LogP contribution in [0.4, 0.5) is 0 Å². The number of esters is 1. The Labute approximate surface area is 92.8 Å². The molecule has 3 nitrogen and oxygen atoms in total. The van der Waals surface area contributed by atoms with Gasteiger partial charge in [0.05, 0.1) is 13.5 Å². The van der Waals surface area contributed by atoms with E-state index in [4.69, 9.17) is 4.74 Å². The SMILES string of the molecule is COC(=O)CC(C)N1CC(C)CCC1C. The number of rotatable bonds is 3. The maximum Gasteiger partial charge on any atom is 0.307 e. The number of carbonyl (C=O) groups excluding carboxylic acids is 1. The molecule has 0 aromatic heterocycles. The summed E-state index contributed by atoms with van der Waals surface area (Å²) in [5.74, 6) is 0.647. The molecule has 15 heavy (non-hydrogen) atoms. The molecule has 0 aromatic rings. The van der Waals surface area contributed by atoms with E-state index in [0.29, 0.717) is 18.5 Å². The van der Waals surface area contributed by atoms with Crippen LogP contribution in [0.5, 0.6) is 0 Å². The number of hydrogen-bond donors (Lipinski definition) is 0. The molecule has 0 bridgehead atoms. The van der Waals surface area contributed by atoms with E-state index in [-0.39, 0.29) is 5.97 Å². The third-order valence-corrected chi connectivity index (χ3v) is 3.42. The molecule has 0 saturated carbocycles. The lowest BCUT2D eigenvalue weighted by atomic mass is 9.93. The molecule has 1 rings (SSSR count). The lowest BCUT2D eigenvalue weighted by Crippen LogP contribution is -2.46. The van der Waals surface area contributed by atoms with Crippen molar-refractivity contribution in [2.75, 3.05) is 13.7 Å². The average molecular weight is 213 g/mol. The second-order valence-electron chi connectivity index (χ2n) is 4.86. The molecular weight excluding hydrogens is 190 g/mol. The van der Waals surface area contributed by atoms with Gasteiger partial charge in [0.1, 0.15) is 0 Å². The summed E-state index contributed by atoms with van der Waals surface area (Å²) in [5, 5.41) is 0. The van der Waals surface area contributed by atoms with Crippen LogP contribution < -0.4 is 0 Å². The van der Waals surface area contributed by atoms with Gasteiger partial charge in [0.25, 0.3) is 0 Å². The van der Waals surface area contributed by atoms with Crippen molar-refractivity contribution in [1.29, 1.82) is 0 Å². The second kappa shape index (κ2) is 5.50. The van der Waals surface area contributed by atoms with Crippen LogP contribution in [-0.4, -0.2) is 36.6 Å². The number of carbonyl (C=O) groups is 1. The summed E-state index contributed by atoms with van der Waals surface area (Å²) in [5.41, 5.74) is 0. The molecule has 3 atom stereocenters. The molecule has 3 unspecified atom stereocenters. The van der Waals surface area contributed by atoms with Gasteiger partial charge in [-0.1, -0.05) is 6.92 Å². The highest BCUT2D eigenvalue weighted by atomic mass is 16.5. The first-order chi connectivity index (χ1) is 7.04. The van der Waals surface area contributed by atoms with Gasteiger partial charge < -0.3 is 4.74 Å². The van der Waals surface area contributed by atoms with Crippen LogP contribution in [0.1, 0.15) is 40.0 Å². The van der Waals surface area contributed by atoms with Crippen molar-refractivity contribution in [2.45, 2.75) is 52.1 Å². The van der Waals surface area contributed by atoms with Crippen molar-refractivity contribution in [2.24, 2.45) is 5.92 Å². The molecule has 0 amide bonds. The molecule has 0 aromatic carbocycles. The summed E-state index contributed by atoms with van der Waals surface area (Å²) in [6.45, 7) is 7.76. The van der Waals surface area contributed by atoms with Gasteiger partial charge in [-0.2, -0.15) is 0 Å². The van der Waals surface area contributed by atoms with Crippen molar-refractivity contribution in [3.8, 4) is 0 Å². The van der Waals surface area contributed by atoms with E-state index in [1.165, 1.54) is 20.0 Å². The Bertz CT molecular complexity index is 218. The molecule has 3 heteroatoms. The number of hydrogen-bond acceptors (Lipinski definition) is 3. The minimum atomic E-state index is -0.104. The standard InChI is InChI=1S/C12H23NO2/c1-9-5-6-10(2)13(8-9)11(3)7-12(14)15-4/h9-11H,5-8H2,1-4H3. The first-order valence-electron chi connectivity index (χ1n) is 5.87. The first kappa shape index (κ1) is 12.5. The highest BCUT2D eigenvalue weighted by Gasteiger charge is 2.27. The van der Waals surface area contributed by atoms with Crippen LogP contribution in [0.15, 0.2) is 0 Å². The third-order valence-electron chi connectivity index (χ3n) is 3.42. The van der Waals surface area contributed by atoms with E-state index in [2.05, 4.69) is 25.7 Å². The van der Waals surface area contributed by atoms with Gasteiger partial charge in [-0.3, -0.25) is 9.69 Å². The third kappa shape index (κ3) is 3.49. The van der Waals surface area contributed by atoms with Crippen LogP contribution in [-0.2, 0) is 9.53 Å². The van der Waals surface area contributed by atoms with E-state index in [1.807, 2.05) is 0 Å². The van der Waals surface area contributed by atoms with Gasteiger partial charge in [0.15, 0.2) is 0 Å². The normalized spacial score (nSPS) is 29.9. The fourth-order valence-corrected chi connectivity index (χ4v) is 2.38. The zero-order chi connectivity index (χ0) is 11.4. The van der Waals surface area contributed by atoms with Gasteiger partial charge in [-0.15, -0.1) is 0 Å².